The molecule has 8 heteroatoms. The second-order valence-electron chi connectivity index (χ2n) is 3.33. The number of benzene rings is 1. The van der Waals surface area contributed by atoms with Gasteiger partial charge in [-0.05, 0) is 12.1 Å². The molecule has 2 rings (SSSR count). The fraction of sp³-hybridized carbons (Fsp3) is 0. The van der Waals surface area contributed by atoms with Crippen LogP contribution in [-0.2, 0) is 0 Å². The second-order valence-corrected chi connectivity index (χ2v) is 4.10. The summed E-state index contributed by atoms with van der Waals surface area (Å²) in [4.78, 5) is 17.9. The van der Waals surface area contributed by atoms with E-state index in [-0.39, 0.29) is 16.7 Å². The lowest BCUT2D eigenvalue weighted by Gasteiger charge is -2.04. The second kappa shape index (κ2) is 5.79. The highest BCUT2D eigenvalue weighted by atomic mass is 32.2. The zero-order valence-corrected chi connectivity index (χ0v) is 10.3. The molecule has 94 valence electrons. The number of hydrogen-bond acceptors (Lipinski definition) is 7. The number of rotatable bonds is 4. The number of thioether (sulfide) groups is 1. The van der Waals surface area contributed by atoms with Crippen molar-refractivity contribution in [3.63, 3.8) is 0 Å². The van der Waals surface area contributed by atoms with E-state index in [2.05, 4.69) is 15.3 Å². The average Bonchev–Trinajstić information content (AvgIpc) is 2.40. The van der Waals surface area contributed by atoms with Gasteiger partial charge in [-0.1, -0.05) is 18.2 Å². The van der Waals surface area contributed by atoms with Crippen molar-refractivity contribution in [2.45, 2.75) is 5.03 Å². The van der Waals surface area contributed by atoms with E-state index in [0.29, 0.717) is 11.8 Å². The van der Waals surface area contributed by atoms with E-state index < -0.39 is 4.92 Å². The van der Waals surface area contributed by atoms with Crippen molar-refractivity contribution in [2.75, 3.05) is 5.32 Å². The number of aromatic nitrogens is 2. The fourth-order valence-electron chi connectivity index (χ4n) is 1.31. The van der Waals surface area contributed by atoms with Crippen molar-refractivity contribution in [1.29, 1.82) is 5.26 Å². The van der Waals surface area contributed by atoms with Gasteiger partial charge in [0.05, 0.1) is 4.92 Å². The van der Waals surface area contributed by atoms with Crippen LogP contribution in [0.4, 0.5) is 17.3 Å². The highest BCUT2D eigenvalue weighted by Gasteiger charge is 2.17. The van der Waals surface area contributed by atoms with Crippen LogP contribution >= 0.6 is 11.8 Å². The Bertz CT molecular complexity index is 641. The van der Waals surface area contributed by atoms with Gasteiger partial charge in [0.2, 0.25) is 5.95 Å². The molecule has 0 unspecified atom stereocenters. The quantitative estimate of drug-likeness (QED) is 0.300. The fourth-order valence-corrected chi connectivity index (χ4v) is 1.76. The molecular weight excluding hydrogens is 266 g/mol. The van der Waals surface area contributed by atoms with Crippen molar-refractivity contribution in [3.05, 3.63) is 46.6 Å². The Balaban J connectivity index is 2.31. The van der Waals surface area contributed by atoms with Gasteiger partial charge in [0, 0.05) is 17.4 Å². The SMILES string of the molecule is N#CSc1nc(Nc2ccccc2)ncc1[N+](=O)[O-]. The van der Waals surface area contributed by atoms with E-state index in [1.54, 1.807) is 5.40 Å². The Morgan fingerprint density at radius 1 is 1.37 bits per heavy atom. The van der Waals surface area contributed by atoms with Crippen LogP contribution in [0.1, 0.15) is 0 Å². The molecule has 0 amide bonds. The molecule has 0 radical (unpaired) electrons. The van der Waals surface area contributed by atoms with Gasteiger partial charge in [-0.15, -0.1) is 0 Å². The Hall–Kier alpha value is -2.66. The first-order valence-electron chi connectivity index (χ1n) is 5.10. The third-order valence-electron chi connectivity index (χ3n) is 2.10. The number of thiocyanates is 1. The van der Waals surface area contributed by atoms with Crippen molar-refractivity contribution >= 4 is 29.1 Å². The molecule has 0 aliphatic carbocycles. The van der Waals surface area contributed by atoms with E-state index in [4.69, 9.17) is 5.26 Å². The molecule has 0 saturated carbocycles. The maximum absolute atomic E-state index is 10.7. The standard InChI is InChI=1S/C11H7N5O2S/c12-7-19-10-9(16(17)18)6-13-11(15-10)14-8-4-2-1-3-5-8/h1-6H,(H,13,14,15). The minimum Gasteiger partial charge on any atom is -0.324 e. The number of nitriles is 1. The predicted molar refractivity (Wildman–Crippen MR) is 69.9 cm³/mol. The van der Waals surface area contributed by atoms with E-state index >= 15 is 0 Å². The zero-order valence-electron chi connectivity index (χ0n) is 9.48. The lowest BCUT2D eigenvalue weighted by atomic mass is 10.3. The molecule has 0 fully saturated rings. The minimum atomic E-state index is -0.619. The molecule has 19 heavy (non-hydrogen) atoms. The van der Waals surface area contributed by atoms with Crippen molar-refractivity contribution in [1.82, 2.24) is 9.97 Å². The van der Waals surface area contributed by atoms with Crippen LogP contribution in [0.3, 0.4) is 0 Å². The molecule has 0 atom stereocenters. The summed E-state index contributed by atoms with van der Waals surface area (Å²) in [6, 6.07) is 9.14. The summed E-state index contributed by atoms with van der Waals surface area (Å²) in [6.45, 7) is 0. The topological polar surface area (TPSA) is 105 Å². The molecule has 1 heterocycles. The maximum Gasteiger partial charge on any atom is 0.320 e. The molecule has 0 aliphatic heterocycles. The molecule has 0 saturated heterocycles. The molecule has 1 aromatic carbocycles. The van der Waals surface area contributed by atoms with Gasteiger partial charge in [-0.25, -0.2) is 4.98 Å². The molecule has 0 aliphatic rings. The summed E-state index contributed by atoms with van der Waals surface area (Å²) < 4.78 is 0. The first kappa shape index (κ1) is 12.8. The van der Waals surface area contributed by atoms with Gasteiger partial charge in [-0.2, -0.15) is 10.2 Å². The number of nitrogens with zero attached hydrogens (tertiary/aromatic N) is 4. The molecule has 1 aromatic heterocycles. The van der Waals surface area contributed by atoms with Crippen LogP contribution in [0.2, 0.25) is 0 Å². The van der Waals surface area contributed by atoms with Gasteiger partial charge < -0.3 is 5.32 Å². The molecule has 1 N–H and O–H groups in total. The number of hydrogen-bond donors (Lipinski definition) is 1. The van der Waals surface area contributed by atoms with Gasteiger partial charge in [0.25, 0.3) is 0 Å². The average molecular weight is 273 g/mol. The predicted octanol–water partition coefficient (Wildman–Crippen LogP) is 2.70. The van der Waals surface area contributed by atoms with Crippen LogP contribution < -0.4 is 5.32 Å². The molecule has 0 bridgehead atoms. The normalized spacial score (nSPS) is 9.63. The number of para-hydroxylation sites is 1. The van der Waals surface area contributed by atoms with Crippen molar-refractivity contribution in [2.24, 2.45) is 0 Å². The van der Waals surface area contributed by atoms with Crippen LogP contribution in [0.5, 0.6) is 0 Å². The molecular formula is C11H7N5O2S. The summed E-state index contributed by atoms with van der Waals surface area (Å²) in [5.41, 5.74) is 0.467. The third kappa shape index (κ3) is 3.17. The lowest BCUT2D eigenvalue weighted by Crippen LogP contribution is -2.00. The Morgan fingerprint density at radius 3 is 2.74 bits per heavy atom. The number of nitro groups is 1. The highest BCUT2D eigenvalue weighted by molar-refractivity contribution is 8.03. The van der Waals surface area contributed by atoms with E-state index in [9.17, 15) is 10.1 Å². The van der Waals surface area contributed by atoms with Crippen LogP contribution in [0.25, 0.3) is 0 Å². The van der Waals surface area contributed by atoms with Gasteiger partial charge in [0.15, 0.2) is 5.03 Å². The monoisotopic (exact) mass is 273 g/mol. The Labute approximate surface area is 112 Å². The van der Waals surface area contributed by atoms with Crippen molar-refractivity contribution < 1.29 is 4.92 Å². The lowest BCUT2D eigenvalue weighted by molar-refractivity contribution is -0.388. The molecule has 2 aromatic rings. The number of nitrogens with one attached hydrogen (secondary N) is 1. The van der Waals surface area contributed by atoms with E-state index in [0.717, 1.165) is 11.9 Å². The minimum absolute atomic E-state index is 0.0148. The Morgan fingerprint density at radius 2 is 2.11 bits per heavy atom. The third-order valence-corrected chi connectivity index (χ3v) is 2.69. The van der Waals surface area contributed by atoms with Crippen molar-refractivity contribution in [3.8, 4) is 5.40 Å². The summed E-state index contributed by atoms with van der Waals surface area (Å²) in [5.74, 6) is 0.203. The van der Waals surface area contributed by atoms with Gasteiger partial charge in [0.1, 0.15) is 11.6 Å². The zero-order chi connectivity index (χ0) is 13.7. The summed E-state index contributed by atoms with van der Waals surface area (Å²) in [6.07, 6.45) is 1.08. The first-order valence-corrected chi connectivity index (χ1v) is 5.92. The molecule has 0 spiro atoms. The largest absolute Gasteiger partial charge is 0.324 e. The summed E-state index contributed by atoms with van der Waals surface area (Å²) in [7, 11) is 0. The Kier molecular flexibility index (Phi) is 3.90. The smallest absolute Gasteiger partial charge is 0.320 e. The number of anilines is 2. The van der Waals surface area contributed by atoms with Crippen LogP contribution in [-0.4, -0.2) is 14.9 Å². The van der Waals surface area contributed by atoms with E-state index in [1.807, 2.05) is 30.3 Å². The highest BCUT2D eigenvalue weighted by Crippen LogP contribution is 2.27. The summed E-state index contributed by atoms with van der Waals surface area (Å²) in [5, 5.41) is 24.0. The van der Waals surface area contributed by atoms with E-state index in [1.165, 1.54) is 0 Å². The van der Waals surface area contributed by atoms with Crippen LogP contribution in [0, 0.1) is 20.8 Å². The van der Waals surface area contributed by atoms with Gasteiger partial charge >= 0.3 is 5.69 Å². The first-order chi connectivity index (χ1) is 9.20. The van der Waals surface area contributed by atoms with Gasteiger partial charge in [-0.3, -0.25) is 10.1 Å². The summed E-state index contributed by atoms with van der Waals surface area (Å²) >= 11 is 0.628. The van der Waals surface area contributed by atoms with Crippen LogP contribution in [0.15, 0.2) is 41.6 Å². The maximum atomic E-state index is 10.7. The molecule has 7 nitrogen and oxygen atoms in total.